The first kappa shape index (κ1) is 15.9. The lowest BCUT2D eigenvalue weighted by atomic mass is 10.1. The fourth-order valence-corrected chi connectivity index (χ4v) is 3.64. The normalized spacial score (nSPS) is 20.4. The molecular weight excluding hydrogens is 320 g/mol. The first-order valence-corrected chi connectivity index (χ1v) is 8.68. The van der Waals surface area contributed by atoms with Gasteiger partial charge in [0.1, 0.15) is 18.2 Å². The summed E-state index contributed by atoms with van der Waals surface area (Å²) in [5.41, 5.74) is 0.996. The summed E-state index contributed by atoms with van der Waals surface area (Å²) in [5, 5.41) is 7.56. The molecule has 0 spiro atoms. The van der Waals surface area contributed by atoms with Gasteiger partial charge in [-0.25, -0.2) is 9.97 Å². The zero-order valence-corrected chi connectivity index (χ0v) is 14.3. The molecule has 8 nitrogen and oxygen atoms in total. The standard InChI is InChI=1S/C17H22N6O2/c1-25-16-8-15(18-11-19-16)22-9-13-6-7-20-23(13)14(10-22)17(24)21-12-4-2-3-5-12/h6-8,11-12,14H,2-5,9-10H2,1H3,(H,21,24)/t14-/m1/s1. The van der Waals surface area contributed by atoms with E-state index < -0.39 is 0 Å². The summed E-state index contributed by atoms with van der Waals surface area (Å²) in [7, 11) is 1.58. The molecule has 2 aliphatic rings. The Hall–Kier alpha value is -2.64. The molecule has 0 unspecified atom stereocenters. The molecule has 8 heteroatoms. The summed E-state index contributed by atoms with van der Waals surface area (Å²) in [5.74, 6) is 1.29. The van der Waals surface area contributed by atoms with E-state index in [2.05, 4.69) is 25.3 Å². The van der Waals surface area contributed by atoms with E-state index in [1.54, 1.807) is 19.4 Å². The van der Waals surface area contributed by atoms with Crippen LogP contribution in [-0.2, 0) is 11.3 Å². The van der Waals surface area contributed by atoms with E-state index in [0.717, 1.165) is 24.4 Å². The first-order valence-electron chi connectivity index (χ1n) is 8.68. The summed E-state index contributed by atoms with van der Waals surface area (Å²) in [6.45, 7) is 1.17. The number of hydrogen-bond acceptors (Lipinski definition) is 6. The van der Waals surface area contributed by atoms with E-state index in [4.69, 9.17) is 4.74 Å². The van der Waals surface area contributed by atoms with Gasteiger partial charge in [0.05, 0.1) is 25.9 Å². The lowest BCUT2D eigenvalue weighted by molar-refractivity contribution is -0.125. The van der Waals surface area contributed by atoms with Crippen molar-refractivity contribution < 1.29 is 9.53 Å². The largest absolute Gasteiger partial charge is 0.481 e. The lowest BCUT2D eigenvalue weighted by Crippen LogP contribution is -2.47. The zero-order valence-electron chi connectivity index (χ0n) is 14.3. The second kappa shape index (κ2) is 6.70. The predicted octanol–water partition coefficient (Wildman–Crippen LogP) is 1.30. The van der Waals surface area contributed by atoms with Crippen molar-refractivity contribution in [3.63, 3.8) is 0 Å². The molecular formula is C17H22N6O2. The van der Waals surface area contributed by atoms with Crippen molar-refractivity contribution in [2.75, 3.05) is 18.6 Å². The average molecular weight is 342 g/mol. The Labute approximate surface area is 146 Å². The summed E-state index contributed by atoms with van der Waals surface area (Å²) < 4.78 is 7.02. The van der Waals surface area contributed by atoms with Crippen molar-refractivity contribution in [2.24, 2.45) is 0 Å². The van der Waals surface area contributed by atoms with Crippen LogP contribution in [0.3, 0.4) is 0 Å². The van der Waals surface area contributed by atoms with E-state index >= 15 is 0 Å². The van der Waals surface area contributed by atoms with Crippen molar-refractivity contribution in [3.8, 4) is 5.88 Å². The molecule has 25 heavy (non-hydrogen) atoms. The van der Waals surface area contributed by atoms with Gasteiger partial charge in [0.15, 0.2) is 0 Å². The van der Waals surface area contributed by atoms with E-state index in [-0.39, 0.29) is 11.9 Å². The molecule has 1 atom stereocenters. The number of hydrogen-bond donors (Lipinski definition) is 1. The highest BCUT2D eigenvalue weighted by atomic mass is 16.5. The van der Waals surface area contributed by atoms with Gasteiger partial charge in [0.25, 0.3) is 0 Å². The summed E-state index contributed by atoms with van der Waals surface area (Å²) >= 11 is 0. The third-order valence-electron chi connectivity index (χ3n) is 4.96. The van der Waals surface area contributed by atoms with Crippen LogP contribution in [0.5, 0.6) is 5.88 Å². The average Bonchev–Trinajstić information content (AvgIpc) is 3.32. The second-order valence-corrected chi connectivity index (χ2v) is 6.57. The van der Waals surface area contributed by atoms with Crippen LogP contribution >= 0.6 is 0 Å². The van der Waals surface area contributed by atoms with Gasteiger partial charge in [0, 0.05) is 18.3 Å². The second-order valence-electron chi connectivity index (χ2n) is 6.57. The molecule has 0 saturated heterocycles. The van der Waals surface area contributed by atoms with Crippen molar-refractivity contribution in [3.05, 3.63) is 30.4 Å². The number of carbonyl (C=O) groups excluding carboxylic acids is 1. The fourth-order valence-electron chi connectivity index (χ4n) is 3.64. The van der Waals surface area contributed by atoms with Gasteiger partial charge >= 0.3 is 0 Å². The Morgan fingerprint density at radius 2 is 2.16 bits per heavy atom. The smallest absolute Gasteiger partial charge is 0.246 e. The number of aromatic nitrogens is 4. The molecule has 1 fully saturated rings. The van der Waals surface area contributed by atoms with Gasteiger partial charge in [-0.05, 0) is 18.9 Å². The maximum Gasteiger partial charge on any atom is 0.246 e. The maximum atomic E-state index is 12.9. The van der Waals surface area contributed by atoms with Gasteiger partial charge in [0.2, 0.25) is 11.8 Å². The van der Waals surface area contributed by atoms with Crippen molar-refractivity contribution in [2.45, 2.75) is 44.3 Å². The molecule has 1 aliphatic heterocycles. The molecule has 1 saturated carbocycles. The van der Waals surface area contributed by atoms with Crippen molar-refractivity contribution in [1.82, 2.24) is 25.1 Å². The summed E-state index contributed by atoms with van der Waals surface area (Å²) in [4.78, 5) is 23.3. The minimum Gasteiger partial charge on any atom is -0.481 e. The topological polar surface area (TPSA) is 85.2 Å². The molecule has 1 N–H and O–H groups in total. The Balaban J connectivity index is 1.57. The Morgan fingerprint density at radius 1 is 1.32 bits per heavy atom. The molecule has 2 aromatic rings. The number of methoxy groups -OCH3 is 1. The zero-order chi connectivity index (χ0) is 17.2. The number of carbonyl (C=O) groups is 1. The number of fused-ring (bicyclic) bond motifs is 1. The van der Waals surface area contributed by atoms with Gasteiger partial charge in [-0.2, -0.15) is 5.10 Å². The molecule has 132 valence electrons. The molecule has 1 amide bonds. The van der Waals surface area contributed by atoms with Crippen LogP contribution in [0, 0.1) is 0 Å². The van der Waals surface area contributed by atoms with E-state index in [1.807, 2.05) is 10.7 Å². The number of amides is 1. The van der Waals surface area contributed by atoms with Gasteiger partial charge in [-0.3, -0.25) is 9.48 Å². The fraction of sp³-hybridized carbons (Fsp3) is 0.529. The maximum absolute atomic E-state index is 12.9. The van der Waals surface area contributed by atoms with Crippen LogP contribution in [0.4, 0.5) is 5.82 Å². The summed E-state index contributed by atoms with van der Waals surface area (Å²) in [6, 6.07) is 3.67. The van der Waals surface area contributed by atoms with E-state index in [0.29, 0.717) is 25.0 Å². The number of nitrogens with one attached hydrogen (secondary N) is 1. The molecule has 2 aromatic heterocycles. The van der Waals surface area contributed by atoms with E-state index in [1.165, 1.54) is 19.2 Å². The summed E-state index contributed by atoms with van der Waals surface area (Å²) in [6.07, 6.45) is 7.74. The Kier molecular flexibility index (Phi) is 4.25. The lowest BCUT2D eigenvalue weighted by Gasteiger charge is -2.34. The molecule has 0 bridgehead atoms. The minimum atomic E-state index is -0.361. The van der Waals surface area contributed by atoms with Crippen LogP contribution < -0.4 is 15.0 Å². The predicted molar refractivity (Wildman–Crippen MR) is 91.3 cm³/mol. The highest BCUT2D eigenvalue weighted by Crippen LogP contribution is 2.27. The van der Waals surface area contributed by atoms with Crippen LogP contribution in [0.15, 0.2) is 24.7 Å². The highest BCUT2D eigenvalue weighted by molar-refractivity contribution is 5.81. The molecule has 1 aliphatic carbocycles. The third kappa shape index (κ3) is 3.16. The van der Waals surface area contributed by atoms with Gasteiger partial charge < -0.3 is 15.0 Å². The van der Waals surface area contributed by atoms with Crippen molar-refractivity contribution >= 4 is 11.7 Å². The molecule has 0 aromatic carbocycles. The van der Waals surface area contributed by atoms with Crippen LogP contribution in [0.25, 0.3) is 0 Å². The third-order valence-corrected chi connectivity index (χ3v) is 4.96. The number of nitrogens with zero attached hydrogens (tertiary/aromatic N) is 5. The van der Waals surface area contributed by atoms with Crippen LogP contribution in [0.2, 0.25) is 0 Å². The monoisotopic (exact) mass is 342 g/mol. The van der Waals surface area contributed by atoms with Gasteiger partial charge in [-0.15, -0.1) is 0 Å². The SMILES string of the molecule is COc1cc(N2Cc3ccnn3[C@@H](C(=O)NC3CCCC3)C2)ncn1. The van der Waals surface area contributed by atoms with E-state index in [9.17, 15) is 4.79 Å². The molecule has 4 rings (SSSR count). The number of anilines is 1. The Bertz CT molecular complexity index is 755. The van der Waals surface area contributed by atoms with Gasteiger partial charge in [-0.1, -0.05) is 12.8 Å². The van der Waals surface area contributed by atoms with Crippen LogP contribution in [0.1, 0.15) is 37.4 Å². The number of ether oxygens (including phenoxy) is 1. The minimum absolute atomic E-state index is 0.0302. The number of rotatable bonds is 4. The first-order chi connectivity index (χ1) is 12.2. The molecule has 3 heterocycles. The van der Waals surface area contributed by atoms with Crippen molar-refractivity contribution in [1.29, 1.82) is 0 Å². The quantitative estimate of drug-likeness (QED) is 0.901. The highest BCUT2D eigenvalue weighted by Gasteiger charge is 2.33. The Morgan fingerprint density at radius 3 is 2.96 bits per heavy atom. The van der Waals surface area contributed by atoms with Crippen LogP contribution in [-0.4, -0.2) is 45.4 Å². The molecule has 0 radical (unpaired) electrons.